The molecule has 1 atom stereocenters. The Morgan fingerprint density at radius 2 is 1.93 bits per heavy atom. The molecule has 0 aliphatic carbocycles. The fourth-order valence-corrected chi connectivity index (χ4v) is 1.59. The quantitative estimate of drug-likeness (QED) is 0.831. The molecule has 0 saturated carbocycles. The second kappa shape index (κ2) is 4.38. The van der Waals surface area contributed by atoms with Crippen LogP contribution in [0.2, 0.25) is 5.02 Å². The van der Waals surface area contributed by atoms with Crippen molar-refractivity contribution in [1.82, 2.24) is 0 Å². The van der Waals surface area contributed by atoms with Gasteiger partial charge in [0, 0.05) is 23.2 Å². The van der Waals surface area contributed by atoms with Gasteiger partial charge in [-0.05, 0) is 12.1 Å². The number of rotatable bonds is 2. The summed E-state index contributed by atoms with van der Waals surface area (Å²) in [6.45, 7) is -0.0905. The highest BCUT2D eigenvalue weighted by molar-refractivity contribution is 6.31. The third-order valence-electron chi connectivity index (χ3n) is 1.98. The lowest BCUT2D eigenvalue weighted by Gasteiger charge is -2.18. The summed E-state index contributed by atoms with van der Waals surface area (Å²) in [4.78, 5) is 0. The maximum Gasteiger partial charge on any atom is 0.416 e. The molecule has 2 nitrogen and oxygen atoms in total. The first-order valence-corrected chi connectivity index (χ1v) is 4.57. The smallest absolute Gasteiger partial charge is 0.329 e. The van der Waals surface area contributed by atoms with Gasteiger partial charge in [-0.15, -0.1) is 0 Å². The molecular weight excluding hydrogens is 229 g/mol. The number of alkyl halides is 3. The number of hydrogen-bond acceptors (Lipinski definition) is 2. The zero-order valence-corrected chi connectivity index (χ0v) is 8.44. The third kappa shape index (κ3) is 2.62. The molecule has 6 heteroatoms. The highest BCUT2D eigenvalue weighted by atomic mass is 35.5. The van der Waals surface area contributed by atoms with Gasteiger partial charge in [0.25, 0.3) is 0 Å². The summed E-state index contributed by atoms with van der Waals surface area (Å²) in [5, 5.41) is -0.0113. The first-order chi connectivity index (χ1) is 6.88. The van der Waals surface area contributed by atoms with E-state index in [9.17, 15) is 13.2 Å². The molecule has 0 spiro atoms. The van der Waals surface area contributed by atoms with Gasteiger partial charge in [-0.2, -0.15) is 13.2 Å². The van der Waals surface area contributed by atoms with Crippen molar-refractivity contribution in [2.24, 2.45) is 11.5 Å². The van der Waals surface area contributed by atoms with Crippen LogP contribution in [0.15, 0.2) is 18.2 Å². The van der Waals surface area contributed by atoms with Gasteiger partial charge in [-0.1, -0.05) is 17.7 Å². The van der Waals surface area contributed by atoms with Crippen LogP contribution in [0, 0.1) is 0 Å². The minimum Gasteiger partial charge on any atom is -0.329 e. The molecule has 0 bridgehead atoms. The number of hydrogen-bond donors (Lipinski definition) is 2. The molecule has 84 valence electrons. The molecule has 0 aliphatic rings. The zero-order chi connectivity index (χ0) is 11.6. The van der Waals surface area contributed by atoms with Crippen LogP contribution < -0.4 is 11.5 Å². The minimum absolute atomic E-state index is 0.0113. The Balaban J connectivity index is 3.33. The second-order valence-corrected chi connectivity index (χ2v) is 3.45. The van der Waals surface area contributed by atoms with E-state index in [0.717, 1.165) is 6.07 Å². The van der Waals surface area contributed by atoms with Gasteiger partial charge in [0.1, 0.15) is 0 Å². The fourth-order valence-electron chi connectivity index (χ4n) is 1.28. The van der Waals surface area contributed by atoms with Crippen LogP contribution in [0.4, 0.5) is 13.2 Å². The van der Waals surface area contributed by atoms with E-state index < -0.39 is 17.8 Å². The molecule has 4 N–H and O–H groups in total. The molecule has 1 aromatic carbocycles. The van der Waals surface area contributed by atoms with Crippen LogP contribution in [0.3, 0.4) is 0 Å². The van der Waals surface area contributed by atoms with E-state index in [0.29, 0.717) is 0 Å². The number of benzene rings is 1. The van der Waals surface area contributed by atoms with Crippen molar-refractivity contribution in [2.75, 3.05) is 6.54 Å². The predicted octanol–water partition coefficient (Wildman–Crippen LogP) is 2.32. The minimum atomic E-state index is -4.47. The molecule has 0 saturated heterocycles. The first kappa shape index (κ1) is 12.3. The Morgan fingerprint density at radius 1 is 1.33 bits per heavy atom. The summed E-state index contributed by atoms with van der Waals surface area (Å²) in [6, 6.07) is 2.63. The summed E-state index contributed by atoms with van der Waals surface area (Å²) < 4.78 is 37.7. The molecular formula is C9H10ClF3N2. The van der Waals surface area contributed by atoms with E-state index in [-0.39, 0.29) is 17.1 Å². The van der Waals surface area contributed by atoms with Crippen molar-refractivity contribution in [3.8, 4) is 0 Å². The second-order valence-electron chi connectivity index (χ2n) is 3.04. The summed E-state index contributed by atoms with van der Waals surface area (Å²) in [6.07, 6.45) is -4.47. The van der Waals surface area contributed by atoms with E-state index in [1.54, 1.807) is 0 Å². The number of nitrogens with two attached hydrogens (primary N) is 2. The van der Waals surface area contributed by atoms with Crippen LogP contribution >= 0.6 is 11.6 Å². The zero-order valence-electron chi connectivity index (χ0n) is 7.68. The molecule has 15 heavy (non-hydrogen) atoms. The Morgan fingerprint density at radius 3 is 2.40 bits per heavy atom. The largest absolute Gasteiger partial charge is 0.416 e. The summed E-state index contributed by atoms with van der Waals surface area (Å²) in [5.41, 5.74) is 9.75. The lowest BCUT2D eigenvalue weighted by Crippen LogP contribution is -2.24. The Kier molecular flexibility index (Phi) is 3.59. The third-order valence-corrected chi connectivity index (χ3v) is 2.31. The van der Waals surface area contributed by atoms with Crippen molar-refractivity contribution in [3.63, 3.8) is 0 Å². The van der Waals surface area contributed by atoms with Crippen molar-refractivity contribution < 1.29 is 13.2 Å². The van der Waals surface area contributed by atoms with Gasteiger partial charge in [0.2, 0.25) is 0 Å². The molecule has 0 unspecified atom stereocenters. The van der Waals surface area contributed by atoms with Crippen molar-refractivity contribution >= 4 is 11.6 Å². The molecule has 0 fully saturated rings. The summed E-state index contributed by atoms with van der Waals surface area (Å²) in [5.74, 6) is 0. The molecule has 1 rings (SSSR count). The predicted molar refractivity (Wildman–Crippen MR) is 52.4 cm³/mol. The van der Waals surface area contributed by atoms with E-state index in [1.807, 2.05) is 0 Å². The Bertz CT molecular complexity index is 352. The van der Waals surface area contributed by atoms with Gasteiger partial charge in [-0.25, -0.2) is 0 Å². The van der Waals surface area contributed by atoms with E-state index in [1.165, 1.54) is 12.1 Å². The van der Waals surface area contributed by atoms with Gasteiger partial charge < -0.3 is 11.5 Å². The molecule has 0 aromatic heterocycles. The average molecular weight is 239 g/mol. The molecule has 0 amide bonds. The number of halogens is 4. The van der Waals surface area contributed by atoms with E-state index in [4.69, 9.17) is 23.1 Å². The Hall–Kier alpha value is -0.780. The van der Waals surface area contributed by atoms with Crippen LogP contribution in [0.1, 0.15) is 17.2 Å². The lowest BCUT2D eigenvalue weighted by molar-refractivity contribution is -0.138. The van der Waals surface area contributed by atoms with Crippen molar-refractivity contribution in [2.45, 2.75) is 12.2 Å². The maximum atomic E-state index is 12.6. The van der Waals surface area contributed by atoms with Gasteiger partial charge in [0.05, 0.1) is 5.56 Å². The molecule has 1 aromatic rings. The average Bonchev–Trinajstić information content (AvgIpc) is 2.15. The molecule has 0 radical (unpaired) electrons. The monoisotopic (exact) mass is 238 g/mol. The van der Waals surface area contributed by atoms with E-state index >= 15 is 0 Å². The highest BCUT2D eigenvalue weighted by Crippen LogP contribution is 2.37. The van der Waals surface area contributed by atoms with Crippen LogP contribution in [0.5, 0.6) is 0 Å². The Labute approximate surface area is 90.0 Å². The standard InChI is InChI=1S/C9H10ClF3N2/c10-6-3-1-2-5(9(11,12)13)8(6)7(15)4-14/h1-3,7H,4,14-15H2/t7-/m0/s1. The fraction of sp³-hybridized carbons (Fsp3) is 0.333. The summed E-state index contributed by atoms with van der Waals surface area (Å²) >= 11 is 5.67. The van der Waals surface area contributed by atoms with Crippen molar-refractivity contribution in [3.05, 3.63) is 34.3 Å². The highest BCUT2D eigenvalue weighted by Gasteiger charge is 2.35. The topological polar surface area (TPSA) is 52.0 Å². The molecule has 0 aliphatic heterocycles. The lowest BCUT2D eigenvalue weighted by atomic mass is 10.0. The van der Waals surface area contributed by atoms with Crippen molar-refractivity contribution in [1.29, 1.82) is 0 Å². The first-order valence-electron chi connectivity index (χ1n) is 4.19. The van der Waals surface area contributed by atoms with Gasteiger partial charge in [-0.3, -0.25) is 0 Å². The summed E-state index contributed by atoms with van der Waals surface area (Å²) in [7, 11) is 0. The normalized spacial score (nSPS) is 14.0. The van der Waals surface area contributed by atoms with Gasteiger partial charge in [0.15, 0.2) is 0 Å². The van der Waals surface area contributed by atoms with Crippen LogP contribution in [-0.2, 0) is 6.18 Å². The van der Waals surface area contributed by atoms with Crippen LogP contribution in [-0.4, -0.2) is 6.54 Å². The maximum absolute atomic E-state index is 12.6. The van der Waals surface area contributed by atoms with E-state index in [2.05, 4.69) is 0 Å². The SMILES string of the molecule is NC[C@H](N)c1c(Cl)cccc1C(F)(F)F. The molecule has 0 heterocycles. The van der Waals surface area contributed by atoms with Gasteiger partial charge >= 0.3 is 6.18 Å². The van der Waals surface area contributed by atoms with Crippen LogP contribution in [0.25, 0.3) is 0 Å².